The topological polar surface area (TPSA) is 25.3 Å². The fourth-order valence-electron chi connectivity index (χ4n) is 5.59. The zero-order valence-corrected chi connectivity index (χ0v) is 30.0. The summed E-state index contributed by atoms with van der Waals surface area (Å²) >= 11 is 1.99. The van der Waals surface area contributed by atoms with Gasteiger partial charge in [-0.3, -0.25) is 0 Å². The van der Waals surface area contributed by atoms with Crippen molar-refractivity contribution in [2.24, 2.45) is 0 Å². The third-order valence-electron chi connectivity index (χ3n) is 8.32. The maximum absolute atomic E-state index is 11.3. The van der Waals surface area contributed by atoms with Crippen LogP contribution < -0.4 is 0 Å². The number of nitrogens with zero attached hydrogens (tertiary/aromatic N) is 2. The van der Waals surface area contributed by atoms with Gasteiger partial charge >= 0.3 is 90.4 Å². The molecule has 0 radical (unpaired) electrons. The molecule has 0 N–H and O–H groups in total. The second-order valence-corrected chi connectivity index (χ2v) is 13.9. The van der Waals surface area contributed by atoms with Crippen LogP contribution in [0.4, 0.5) is 0 Å². The van der Waals surface area contributed by atoms with Crippen molar-refractivity contribution >= 4 is 11.4 Å². The summed E-state index contributed by atoms with van der Waals surface area (Å²) in [5.74, 6) is 0. The molecule has 0 fully saturated rings. The second-order valence-electron chi connectivity index (χ2n) is 12.4. The predicted molar refractivity (Wildman–Crippen MR) is 191 cm³/mol. The standard InChI is InChI=1S/C29H38N2.2C6H13.Ni/c1-4-7-10-17-27-22-28(25-18-11-15-23(20-25)13-8-5-2)31(30)29(27)26-19-12-16-24(21-26)14-9-6-3;2*1-3-5-6-4-2;/h11-12,15-16,18-22H,4-10,13-14,17H2,1-3H3;2*1,3-6H2,2H3;. The van der Waals surface area contributed by atoms with Gasteiger partial charge in [0, 0.05) is 22.8 Å². The van der Waals surface area contributed by atoms with Crippen molar-refractivity contribution in [2.75, 3.05) is 0 Å². The molecule has 0 atom stereocenters. The molecule has 0 unspecified atom stereocenters. The van der Waals surface area contributed by atoms with Crippen molar-refractivity contribution in [2.45, 2.75) is 161 Å². The van der Waals surface area contributed by atoms with Crippen molar-refractivity contribution in [1.82, 2.24) is 0 Å². The van der Waals surface area contributed by atoms with E-state index in [1.807, 2.05) is 14.4 Å². The fraction of sp³-hybridized carbons (Fsp3) is 0.610. The molecule has 2 nitrogen and oxygen atoms in total. The Kier molecular flexibility index (Phi) is 21.1. The van der Waals surface area contributed by atoms with Gasteiger partial charge in [-0.25, -0.2) is 4.70 Å². The number of unbranched alkanes of at least 4 members (excludes halogenated alkanes) is 10. The molecule has 3 heteroatoms. The van der Waals surface area contributed by atoms with Gasteiger partial charge in [0.05, 0.1) is 0 Å². The Labute approximate surface area is 278 Å². The van der Waals surface area contributed by atoms with E-state index in [1.54, 1.807) is 0 Å². The van der Waals surface area contributed by atoms with Crippen LogP contribution in [0.15, 0.2) is 60.2 Å². The third-order valence-corrected chi connectivity index (χ3v) is 9.72. The summed E-state index contributed by atoms with van der Waals surface area (Å²) in [4.78, 5) is 0. The molecular weight excluding hydrogens is 579 g/mol. The molecule has 1 heterocycles. The molecular formula is C41H64N2Ni. The average molecular weight is 644 g/mol. The number of benzene rings is 2. The Bertz CT molecular complexity index is 1120. The molecule has 0 spiro atoms. The first kappa shape index (κ1) is 38.2. The molecule has 1 aliphatic heterocycles. The first-order valence-corrected chi connectivity index (χ1v) is 19.6. The molecule has 1 aliphatic rings. The van der Waals surface area contributed by atoms with E-state index in [-0.39, 0.29) is 0 Å². The molecule has 0 amide bonds. The van der Waals surface area contributed by atoms with Gasteiger partial charge in [0.2, 0.25) is 11.4 Å². The van der Waals surface area contributed by atoms with Crippen LogP contribution in [0, 0.1) is 0 Å². The summed E-state index contributed by atoms with van der Waals surface area (Å²) in [6.07, 6.45) is 25.1. The number of hydrogen-bond donors (Lipinski definition) is 0. The van der Waals surface area contributed by atoms with Crippen LogP contribution >= 0.6 is 0 Å². The van der Waals surface area contributed by atoms with Gasteiger partial charge in [-0.05, 0) is 73.9 Å². The minimum absolute atomic E-state index is 0.902. The first-order valence-electron chi connectivity index (χ1n) is 18.2. The van der Waals surface area contributed by atoms with E-state index in [0.717, 1.165) is 48.2 Å². The molecule has 0 bridgehead atoms. The Morgan fingerprint density at radius 2 is 1.05 bits per heavy atom. The minimum atomic E-state index is 0.902. The molecule has 44 heavy (non-hydrogen) atoms. The molecule has 3 rings (SSSR count). The molecule has 0 aliphatic carbocycles. The van der Waals surface area contributed by atoms with E-state index in [9.17, 15) is 5.53 Å². The first-order chi connectivity index (χ1) is 21.6. The Hall–Kier alpha value is -1.99. The normalized spacial score (nSPS) is 12.9. The van der Waals surface area contributed by atoms with Crippen LogP contribution in [0.3, 0.4) is 0 Å². The number of hydrogen-bond acceptors (Lipinski definition) is 0. The summed E-state index contributed by atoms with van der Waals surface area (Å²) < 4.78 is 1.44. The summed E-state index contributed by atoms with van der Waals surface area (Å²) in [5, 5.41) is 2.83. The van der Waals surface area contributed by atoms with Crippen LogP contribution in [0.2, 0.25) is 10.8 Å². The van der Waals surface area contributed by atoms with Gasteiger partial charge in [0.15, 0.2) is 0 Å². The van der Waals surface area contributed by atoms with Gasteiger partial charge in [-0.15, -0.1) is 0 Å². The third kappa shape index (κ3) is 14.4. The maximum atomic E-state index is 11.3. The van der Waals surface area contributed by atoms with E-state index >= 15 is 0 Å². The molecule has 2 aromatic carbocycles. The molecule has 0 saturated heterocycles. The number of allylic oxidation sites excluding steroid dienone is 2. The van der Waals surface area contributed by atoms with Crippen molar-refractivity contribution in [3.05, 3.63) is 88.0 Å². The van der Waals surface area contributed by atoms with Crippen LogP contribution in [0.1, 0.15) is 160 Å². The summed E-state index contributed by atoms with van der Waals surface area (Å²) in [5.41, 5.74) is 19.3. The molecule has 248 valence electrons. The van der Waals surface area contributed by atoms with Crippen molar-refractivity contribution in [3.8, 4) is 0 Å². The van der Waals surface area contributed by atoms with E-state index in [1.165, 1.54) is 122 Å². The number of rotatable bonds is 22. The van der Waals surface area contributed by atoms with Gasteiger partial charge in [-0.2, -0.15) is 0 Å². The average Bonchev–Trinajstić information content (AvgIpc) is 3.38. The molecule has 2 aromatic rings. The summed E-state index contributed by atoms with van der Waals surface area (Å²) in [6, 6.07) is 17.4. The Morgan fingerprint density at radius 3 is 1.59 bits per heavy atom. The SMILES string of the molecule is CCCCCC1=C(c2cccc(CCCC)c2)[N+](=[N-])C(c2cccc(CCCC)c2)=C1.CCCCC[CH2][Ni][CH2]CCCCC. The summed E-state index contributed by atoms with van der Waals surface area (Å²) in [7, 11) is 0. The number of aryl methyl sites for hydroxylation is 2. The van der Waals surface area contributed by atoms with E-state index in [4.69, 9.17) is 0 Å². The second kappa shape index (κ2) is 24.3. The van der Waals surface area contributed by atoms with Gasteiger partial charge in [0.25, 0.3) is 0 Å². The van der Waals surface area contributed by atoms with Gasteiger partial charge < -0.3 is 5.53 Å². The predicted octanol–water partition coefficient (Wildman–Crippen LogP) is 13.8. The molecule has 0 saturated carbocycles. The summed E-state index contributed by atoms with van der Waals surface area (Å²) in [6.45, 7) is 11.3. The Balaban J connectivity index is 0.000000439. The van der Waals surface area contributed by atoms with E-state index < -0.39 is 0 Å². The van der Waals surface area contributed by atoms with Crippen LogP contribution in [0.25, 0.3) is 16.9 Å². The van der Waals surface area contributed by atoms with Crippen molar-refractivity contribution < 1.29 is 19.1 Å². The monoisotopic (exact) mass is 642 g/mol. The quantitative estimate of drug-likeness (QED) is 0.0693. The fourth-order valence-corrected chi connectivity index (χ4v) is 6.83. The van der Waals surface area contributed by atoms with Crippen molar-refractivity contribution in [1.29, 1.82) is 0 Å². The van der Waals surface area contributed by atoms with E-state index in [0.29, 0.717) is 0 Å². The molecule has 0 aromatic heterocycles. The zero-order chi connectivity index (χ0) is 31.8. The van der Waals surface area contributed by atoms with Crippen LogP contribution in [0.5, 0.6) is 0 Å². The van der Waals surface area contributed by atoms with Crippen LogP contribution in [-0.4, -0.2) is 4.70 Å². The Morgan fingerprint density at radius 1 is 0.545 bits per heavy atom. The van der Waals surface area contributed by atoms with E-state index in [2.05, 4.69) is 89.2 Å². The van der Waals surface area contributed by atoms with Crippen molar-refractivity contribution in [3.63, 3.8) is 0 Å². The van der Waals surface area contributed by atoms with Gasteiger partial charge in [0.1, 0.15) is 0 Å². The van der Waals surface area contributed by atoms with Crippen LogP contribution in [-0.2, 0) is 27.3 Å². The zero-order valence-electron chi connectivity index (χ0n) is 29.0. The van der Waals surface area contributed by atoms with Gasteiger partial charge in [-0.1, -0.05) is 70.7 Å².